The lowest BCUT2D eigenvalue weighted by Crippen LogP contribution is -2.45. The van der Waals surface area contributed by atoms with Crippen molar-refractivity contribution in [3.8, 4) is 0 Å². The van der Waals surface area contributed by atoms with Crippen LogP contribution in [0.2, 0.25) is 0 Å². The molecule has 0 atom stereocenters. The zero-order valence-electron chi connectivity index (χ0n) is 8.96. The lowest BCUT2D eigenvalue weighted by molar-refractivity contribution is -0.155. The van der Waals surface area contributed by atoms with Gasteiger partial charge >= 0.3 is 5.97 Å². The monoisotopic (exact) mass is 237 g/mol. The highest BCUT2D eigenvalue weighted by molar-refractivity contribution is 6.00. The number of carbonyl (C=O) groups is 3. The van der Waals surface area contributed by atoms with E-state index in [1.54, 1.807) is 12.1 Å². The van der Waals surface area contributed by atoms with E-state index in [0.29, 0.717) is 5.76 Å². The molecule has 6 nitrogen and oxygen atoms in total. The van der Waals surface area contributed by atoms with E-state index in [0.717, 1.165) is 4.90 Å². The molecule has 2 rings (SSSR count). The Morgan fingerprint density at radius 2 is 2.06 bits per heavy atom. The summed E-state index contributed by atoms with van der Waals surface area (Å²) in [5.74, 6) is -1.82. The minimum absolute atomic E-state index is 0.104. The number of rotatable bonds is 3. The SMILES string of the molecule is O=C(O)CN1C(=O)CC(c2ccco2)CC1=O. The Bertz CT molecular complexity index is 432. The lowest BCUT2D eigenvalue weighted by atomic mass is 9.93. The summed E-state index contributed by atoms with van der Waals surface area (Å²) in [7, 11) is 0. The molecular formula is C11H11NO5. The Hall–Kier alpha value is -2.11. The number of carboxylic acids is 1. The largest absolute Gasteiger partial charge is 0.480 e. The van der Waals surface area contributed by atoms with Gasteiger partial charge < -0.3 is 9.52 Å². The molecule has 1 aromatic rings. The molecular weight excluding hydrogens is 226 g/mol. The Labute approximate surface area is 96.8 Å². The van der Waals surface area contributed by atoms with Crippen LogP contribution in [0.1, 0.15) is 24.5 Å². The summed E-state index contributed by atoms with van der Waals surface area (Å²) in [6, 6.07) is 3.39. The third-order valence-corrected chi connectivity index (χ3v) is 2.68. The number of carbonyl (C=O) groups excluding carboxylic acids is 2. The summed E-state index contributed by atoms with van der Waals surface area (Å²) in [5, 5.41) is 8.59. The van der Waals surface area contributed by atoms with E-state index in [4.69, 9.17) is 9.52 Å². The fourth-order valence-corrected chi connectivity index (χ4v) is 1.89. The van der Waals surface area contributed by atoms with Gasteiger partial charge in [-0.15, -0.1) is 0 Å². The van der Waals surface area contributed by atoms with E-state index in [-0.39, 0.29) is 18.8 Å². The highest BCUT2D eigenvalue weighted by Crippen LogP contribution is 2.29. The van der Waals surface area contributed by atoms with Crippen molar-refractivity contribution in [2.45, 2.75) is 18.8 Å². The number of amides is 2. The average molecular weight is 237 g/mol. The molecule has 1 aliphatic heterocycles. The molecule has 1 aromatic heterocycles. The zero-order valence-corrected chi connectivity index (χ0v) is 8.96. The lowest BCUT2D eigenvalue weighted by Gasteiger charge is -2.27. The number of imide groups is 1. The van der Waals surface area contributed by atoms with Crippen LogP contribution in [-0.2, 0) is 14.4 Å². The van der Waals surface area contributed by atoms with Gasteiger partial charge in [0.15, 0.2) is 0 Å². The van der Waals surface area contributed by atoms with Gasteiger partial charge in [0.25, 0.3) is 0 Å². The van der Waals surface area contributed by atoms with Crippen molar-refractivity contribution in [1.29, 1.82) is 0 Å². The Morgan fingerprint density at radius 3 is 2.53 bits per heavy atom. The predicted octanol–water partition coefficient (Wildman–Crippen LogP) is 0.597. The first-order valence-electron chi connectivity index (χ1n) is 5.16. The fraction of sp³-hybridized carbons (Fsp3) is 0.364. The molecule has 0 spiro atoms. The summed E-state index contributed by atoms with van der Waals surface area (Å²) in [5.41, 5.74) is 0. The van der Waals surface area contributed by atoms with E-state index >= 15 is 0 Å². The van der Waals surface area contributed by atoms with Crippen LogP contribution in [0.15, 0.2) is 22.8 Å². The van der Waals surface area contributed by atoms with E-state index in [2.05, 4.69) is 0 Å². The highest BCUT2D eigenvalue weighted by atomic mass is 16.4. The summed E-state index contributed by atoms with van der Waals surface area (Å²) < 4.78 is 5.15. The Kier molecular flexibility index (Phi) is 2.95. The topological polar surface area (TPSA) is 87.8 Å². The molecule has 0 saturated carbocycles. The molecule has 0 unspecified atom stereocenters. The zero-order chi connectivity index (χ0) is 12.4. The normalized spacial score (nSPS) is 17.5. The van der Waals surface area contributed by atoms with Crippen molar-refractivity contribution in [2.75, 3.05) is 6.54 Å². The van der Waals surface area contributed by atoms with Crippen molar-refractivity contribution in [3.63, 3.8) is 0 Å². The second kappa shape index (κ2) is 4.40. The van der Waals surface area contributed by atoms with Gasteiger partial charge in [0.2, 0.25) is 11.8 Å². The second-order valence-electron chi connectivity index (χ2n) is 3.89. The van der Waals surface area contributed by atoms with E-state index < -0.39 is 24.3 Å². The smallest absolute Gasteiger partial charge is 0.323 e. The number of likely N-dealkylation sites (tertiary alicyclic amines) is 1. The number of furan rings is 1. The number of nitrogens with zero attached hydrogens (tertiary/aromatic N) is 1. The third-order valence-electron chi connectivity index (χ3n) is 2.68. The van der Waals surface area contributed by atoms with Crippen LogP contribution in [-0.4, -0.2) is 34.3 Å². The van der Waals surface area contributed by atoms with Gasteiger partial charge in [-0.3, -0.25) is 19.3 Å². The van der Waals surface area contributed by atoms with Crippen LogP contribution < -0.4 is 0 Å². The van der Waals surface area contributed by atoms with Crippen molar-refractivity contribution in [2.24, 2.45) is 0 Å². The molecule has 0 bridgehead atoms. The van der Waals surface area contributed by atoms with Gasteiger partial charge in [0.05, 0.1) is 6.26 Å². The average Bonchev–Trinajstić information content (AvgIpc) is 2.76. The van der Waals surface area contributed by atoms with Crippen molar-refractivity contribution < 1.29 is 23.9 Å². The maximum absolute atomic E-state index is 11.6. The van der Waals surface area contributed by atoms with Crippen LogP contribution in [0.3, 0.4) is 0 Å². The molecule has 2 heterocycles. The number of hydrogen-bond donors (Lipinski definition) is 1. The summed E-state index contributed by atoms with van der Waals surface area (Å²) >= 11 is 0. The van der Waals surface area contributed by atoms with Gasteiger partial charge in [0, 0.05) is 18.8 Å². The summed E-state index contributed by atoms with van der Waals surface area (Å²) in [6.07, 6.45) is 1.69. The minimum atomic E-state index is -1.19. The first kappa shape index (κ1) is 11.4. The molecule has 6 heteroatoms. The van der Waals surface area contributed by atoms with Crippen LogP contribution in [0.5, 0.6) is 0 Å². The Balaban J connectivity index is 2.10. The maximum atomic E-state index is 11.6. The van der Waals surface area contributed by atoms with Crippen LogP contribution in [0.25, 0.3) is 0 Å². The van der Waals surface area contributed by atoms with Crippen molar-refractivity contribution in [3.05, 3.63) is 24.2 Å². The number of piperidine rings is 1. The molecule has 0 radical (unpaired) electrons. The van der Waals surface area contributed by atoms with Gasteiger partial charge in [-0.25, -0.2) is 0 Å². The standard InChI is InChI=1S/C11H11NO5/c13-9-4-7(8-2-1-3-17-8)5-10(14)12(9)6-11(15)16/h1-3,7H,4-6H2,(H,15,16). The first-order valence-corrected chi connectivity index (χ1v) is 5.16. The van der Waals surface area contributed by atoms with Gasteiger partial charge in [-0.2, -0.15) is 0 Å². The molecule has 2 amide bonds. The number of aliphatic carboxylic acids is 1. The second-order valence-corrected chi connectivity index (χ2v) is 3.89. The number of hydrogen-bond acceptors (Lipinski definition) is 4. The predicted molar refractivity (Wildman–Crippen MR) is 55.0 cm³/mol. The summed E-state index contributed by atoms with van der Waals surface area (Å²) in [4.78, 5) is 34.6. The minimum Gasteiger partial charge on any atom is -0.480 e. The molecule has 0 aliphatic carbocycles. The van der Waals surface area contributed by atoms with Crippen LogP contribution in [0.4, 0.5) is 0 Å². The van der Waals surface area contributed by atoms with E-state index in [1.807, 2.05) is 0 Å². The molecule has 1 aliphatic rings. The molecule has 17 heavy (non-hydrogen) atoms. The molecule has 1 N–H and O–H groups in total. The van der Waals surface area contributed by atoms with Crippen molar-refractivity contribution >= 4 is 17.8 Å². The molecule has 0 aromatic carbocycles. The van der Waals surface area contributed by atoms with Gasteiger partial charge in [0.1, 0.15) is 12.3 Å². The molecule has 90 valence electrons. The van der Waals surface area contributed by atoms with Crippen LogP contribution in [0, 0.1) is 0 Å². The summed E-state index contributed by atoms with van der Waals surface area (Å²) in [6.45, 7) is -0.567. The first-order chi connectivity index (χ1) is 8.08. The fourth-order valence-electron chi connectivity index (χ4n) is 1.89. The van der Waals surface area contributed by atoms with Gasteiger partial charge in [-0.1, -0.05) is 0 Å². The molecule has 1 saturated heterocycles. The quantitative estimate of drug-likeness (QED) is 0.777. The van der Waals surface area contributed by atoms with Crippen LogP contribution >= 0.6 is 0 Å². The highest BCUT2D eigenvalue weighted by Gasteiger charge is 2.35. The number of carboxylic acid groups (broad SMARTS) is 1. The van der Waals surface area contributed by atoms with E-state index in [9.17, 15) is 14.4 Å². The third kappa shape index (κ3) is 2.35. The van der Waals surface area contributed by atoms with E-state index in [1.165, 1.54) is 6.26 Å². The van der Waals surface area contributed by atoms with Gasteiger partial charge in [-0.05, 0) is 12.1 Å². The maximum Gasteiger partial charge on any atom is 0.323 e. The Morgan fingerprint density at radius 1 is 1.41 bits per heavy atom. The molecule has 1 fully saturated rings. The van der Waals surface area contributed by atoms with Crippen molar-refractivity contribution in [1.82, 2.24) is 4.90 Å².